The van der Waals surface area contributed by atoms with Crippen LogP contribution in [0.4, 0.5) is 5.69 Å². The van der Waals surface area contributed by atoms with Crippen LogP contribution in [-0.4, -0.2) is 38.3 Å². The molecule has 2 aromatic carbocycles. The molecule has 0 aromatic heterocycles. The second-order valence-corrected chi connectivity index (χ2v) is 8.79. The molecule has 0 spiro atoms. The number of nitrogens with one attached hydrogen (secondary N) is 1. The molecule has 1 heterocycles. The van der Waals surface area contributed by atoms with Gasteiger partial charge in [-0.05, 0) is 57.0 Å². The Hall–Kier alpha value is -2.38. The van der Waals surface area contributed by atoms with Gasteiger partial charge in [-0.25, -0.2) is 8.42 Å². The number of anilines is 1. The van der Waals surface area contributed by atoms with Gasteiger partial charge in [-0.2, -0.15) is 4.31 Å². The molecule has 150 valence electrons. The first-order valence-corrected chi connectivity index (χ1v) is 11.0. The second kappa shape index (κ2) is 8.75. The normalized spacial score (nSPS) is 15.2. The molecule has 2 aromatic rings. The molecular weight excluding hydrogens is 376 g/mol. The van der Waals surface area contributed by atoms with Crippen LogP contribution in [0.1, 0.15) is 42.1 Å². The molecule has 3 rings (SSSR count). The van der Waals surface area contributed by atoms with E-state index in [-0.39, 0.29) is 10.8 Å². The molecule has 0 saturated carbocycles. The van der Waals surface area contributed by atoms with Crippen molar-refractivity contribution < 1.29 is 17.9 Å². The van der Waals surface area contributed by atoms with E-state index in [9.17, 15) is 13.2 Å². The Morgan fingerprint density at radius 2 is 1.75 bits per heavy atom. The molecule has 7 heteroatoms. The molecule has 0 aliphatic carbocycles. The maximum absolute atomic E-state index is 13.2. The Kier molecular flexibility index (Phi) is 6.36. The van der Waals surface area contributed by atoms with Gasteiger partial charge in [0.05, 0.1) is 6.61 Å². The predicted molar refractivity (Wildman–Crippen MR) is 109 cm³/mol. The second-order valence-electron chi connectivity index (χ2n) is 6.88. The Morgan fingerprint density at radius 3 is 2.39 bits per heavy atom. The lowest BCUT2D eigenvalue weighted by Crippen LogP contribution is -2.35. The fourth-order valence-corrected chi connectivity index (χ4v) is 4.89. The number of piperidine rings is 1. The quantitative estimate of drug-likeness (QED) is 0.797. The number of aryl methyl sites for hydroxylation is 1. The van der Waals surface area contributed by atoms with Gasteiger partial charge in [-0.1, -0.05) is 24.1 Å². The zero-order valence-corrected chi connectivity index (χ0v) is 17.1. The van der Waals surface area contributed by atoms with Gasteiger partial charge in [0.2, 0.25) is 10.0 Å². The molecule has 1 aliphatic heterocycles. The van der Waals surface area contributed by atoms with Gasteiger partial charge in [-0.3, -0.25) is 4.79 Å². The largest absolute Gasteiger partial charge is 0.492 e. The summed E-state index contributed by atoms with van der Waals surface area (Å²) in [5, 5.41) is 2.78. The molecular formula is C21H26N2O4S. The van der Waals surface area contributed by atoms with Crippen LogP contribution >= 0.6 is 0 Å². The highest BCUT2D eigenvalue weighted by Gasteiger charge is 2.29. The summed E-state index contributed by atoms with van der Waals surface area (Å²) >= 11 is 0. The molecule has 1 saturated heterocycles. The summed E-state index contributed by atoms with van der Waals surface area (Å²) in [5.41, 5.74) is 2.00. The van der Waals surface area contributed by atoms with E-state index in [1.807, 2.05) is 26.0 Å². The predicted octanol–water partition coefficient (Wildman–Crippen LogP) is 3.82. The van der Waals surface area contributed by atoms with E-state index in [1.54, 1.807) is 24.3 Å². The molecule has 1 amide bonds. The minimum absolute atomic E-state index is 0.0953. The third kappa shape index (κ3) is 4.54. The van der Waals surface area contributed by atoms with Crippen LogP contribution in [-0.2, 0) is 10.0 Å². The van der Waals surface area contributed by atoms with Crippen LogP contribution in [0.2, 0.25) is 0 Å². The highest BCUT2D eigenvalue weighted by molar-refractivity contribution is 7.89. The van der Waals surface area contributed by atoms with E-state index >= 15 is 0 Å². The maximum atomic E-state index is 13.2. The third-order valence-corrected chi connectivity index (χ3v) is 6.67. The van der Waals surface area contributed by atoms with Crippen molar-refractivity contribution in [2.75, 3.05) is 25.0 Å². The number of benzene rings is 2. The highest BCUT2D eigenvalue weighted by atomic mass is 32.2. The van der Waals surface area contributed by atoms with Crippen molar-refractivity contribution in [1.29, 1.82) is 0 Å². The molecule has 6 nitrogen and oxygen atoms in total. The van der Waals surface area contributed by atoms with E-state index < -0.39 is 10.0 Å². The topological polar surface area (TPSA) is 75.7 Å². The molecule has 1 fully saturated rings. The van der Waals surface area contributed by atoms with Crippen molar-refractivity contribution in [1.82, 2.24) is 4.31 Å². The van der Waals surface area contributed by atoms with Gasteiger partial charge in [-0.15, -0.1) is 0 Å². The van der Waals surface area contributed by atoms with Crippen LogP contribution < -0.4 is 10.1 Å². The smallest absolute Gasteiger partial charge is 0.255 e. The SMILES string of the molecule is CCOc1ccc(NC(=O)c2ccc(C)cc2)cc1S(=O)(=O)N1CCCCC1. The van der Waals surface area contributed by atoms with Crippen LogP contribution in [0.5, 0.6) is 5.75 Å². The Labute approximate surface area is 166 Å². The van der Waals surface area contributed by atoms with E-state index in [1.165, 1.54) is 10.4 Å². The number of carbonyl (C=O) groups excluding carboxylic acids is 1. The number of nitrogens with zero attached hydrogens (tertiary/aromatic N) is 1. The zero-order valence-electron chi connectivity index (χ0n) is 16.3. The number of hydrogen-bond acceptors (Lipinski definition) is 4. The lowest BCUT2D eigenvalue weighted by atomic mass is 10.1. The third-order valence-electron chi connectivity index (χ3n) is 4.75. The van der Waals surface area contributed by atoms with E-state index in [4.69, 9.17) is 4.74 Å². The van der Waals surface area contributed by atoms with Crippen molar-refractivity contribution in [3.63, 3.8) is 0 Å². The molecule has 1 N–H and O–H groups in total. The van der Waals surface area contributed by atoms with Crippen molar-refractivity contribution in [2.24, 2.45) is 0 Å². The fraction of sp³-hybridized carbons (Fsp3) is 0.381. The number of amides is 1. The Bertz CT molecular complexity index is 933. The molecule has 1 aliphatic rings. The van der Waals surface area contributed by atoms with Crippen LogP contribution in [0.15, 0.2) is 47.4 Å². The minimum Gasteiger partial charge on any atom is -0.492 e. The standard InChI is InChI=1S/C21H26N2O4S/c1-3-27-19-12-11-18(22-21(24)17-9-7-16(2)8-10-17)15-20(19)28(25,26)23-13-5-4-6-14-23/h7-12,15H,3-6,13-14H2,1-2H3,(H,22,24). The Morgan fingerprint density at radius 1 is 1.07 bits per heavy atom. The van der Waals surface area contributed by atoms with Gasteiger partial charge in [0.25, 0.3) is 5.91 Å². The molecule has 0 bridgehead atoms. The molecule has 0 radical (unpaired) electrons. The molecule has 0 atom stereocenters. The summed E-state index contributed by atoms with van der Waals surface area (Å²) in [6.07, 6.45) is 2.75. The number of hydrogen-bond donors (Lipinski definition) is 1. The summed E-state index contributed by atoms with van der Waals surface area (Å²) in [5.74, 6) is 0.0203. The summed E-state index contributed by atoms with van der Waals surface area (Å²) in [6, 6.07) is 12.0. The maximum Gasteiger partial charge on any atom is 0.255 e. The summed E-state index contributed by atoms with van der Waals surface area (Å²) in [4.78, 5) is 12.6. The van der Waals surface area contributed by atoms with Gasteiger partial charge in [0.15, 0.2) is 0 Å². The fourth-order valence-electron chi connectivity index (χ4n) is 3.21. The Balaban J connectivity index is 1.90. The number of carbonyl (C=O) groups is 1. The van der Waals surface area contributed by atoms with Gasteiger partial charge < -0.3 is 10.1 Å². The summed E-state index contributed by atoms with van der Waals surface area (Å²) < 4.78 is 33.4. The van der Waals surface area contributed by atoms with Crippen molar-refractivity contribution >= 4 is 21.6 Å². The monoisotopic (exact) mass is 402 g/mol. The first kappa shape index (κ1) is 20.4. The minimum atomic E-state index is -3.69. The first-order valence-electron chi connectivity index (χ1n) is 9.57. The van der Waals surface area contributed by atoms with Gasteiger partial charge in [0.1, 0.15) is 10.6 Å². The van der Waals surface area contributed by atoms with Crippen molar-refractivity contribution in [2.45, 2.75) is 38.0 Å². The van der Waals surface area contributed by atoms with Crippen LogP contribution in [0.25, 0.3) is 0 Å². The van der Waals surface area contributed by atoms with Crippen molar-refractivity contribution in [3.8, 4) is 5.75 Å². The summed E-state index contributed by atoms with van der Waals surface area (Å²) in [7, 11) is -3.69. The van der Waals surface area contributed by atoms with Gasteiger partial charge >= 0.3 is 0 Å². The van der Waals surface area contributed by atoms with Crippen molar-refractivity contribution in [3.05, 3.63) is 53.6 Å². The highest BCUT2D eigenvalue weighted by Crippen LogP contribution is 2.31. The lowest BCUT2D eigenvalue weighted by molar-refractivity contribution is 0.102. The number of ether oxygens (including phenoxy) is 1. The van der Waals surface area contributed by atoms with Gasteiger partial charge in [0, 0.05) is 24.3 Å². The zero-order chi connectivity index (χ0) is 20.1. The van der Waals surface area contributed by atoms with E-state index in [0.717, 1.165) is 24.8 Å². The number of sulfonamides is 1. The average Bonchev–Trinajstić information content (AvgIpc) is 2.70. The summed E-state index contributed by atoms with van der Waals surface area (Å²) in [6.45, 7) is 5.13. The molecule has 28 heavy (non-hydrogen) atoms. The van der Waals surface area contributed by atoms with Crippen LogP contribution in [0, 0.1) is 6.92 Å². The molecule has 0 unspecified atom stereocenters. The lowest BCUT2D eigenvalue weighted by Gasteiger charge is -2.27. The van der Waals surface area contributed by atoms with E-state index in [0.29, 0.717) is 36.7 Å². The van der Waals surface area contributed by atoms with E-state index in [2.05, 4.69) is 5.32 Å². The van der Waals surface area contributed by atoms with Crippen LogP contribution in [0.3, 0.4) is 0 Å². The number of rotatable bonds is 6. The average molecular weight is 403 g/mol. The first-order chi connectivity index (χ1) is 13.4.